The van der Waals surface area contributed by atoms with Gasteiger partial charge in [-0.2, -0.15) is 5.26 Å². The topological polar surface area (TPSA) is 54.3 Å². The molecular formula is C17H24N2O2. The summed E-state index contributed by atoms with van der Waals surface area (Å²) in [5.74, 6) is 1.65. The third kappa shape index (κ3) is 4.86. The largest absolute Gasteiger partial charge is 0.490 e. The summed E-state index contributed by atoms with van der Waals surface area (Å²) in [5.41, 5.74) is 0.841. The first-order chi connectivity index (χ1) is 10.1. The molecule has 4 heteroatoms. The fraction of sp³-hybridized carbons (Fsp3) is 0.588. The Morgan fingerprint density at radius 1 is 1.19 bits per heavy atom. The SMILES string of the molecule is CC(C)(C#N)CCCCNc1ccc2c(c1)OCCCO2. The predicted molar refractivity (Wildman–Crippen MR) is 83.8 cm³/mol. The highest BCUT2D eigenvalue weighted by Gasteiger charge is 2.15. The van der Waals surface area contributed by atoms with E-state index in [9.17, 15) is 0 Å². The van der Waals surface area contributed by atoms with Gasteiger partial charge in [0.25, 0.3) is 0 Å². The van der Waals surface area contributed by atoms with Crippen LogP contribution in [0.5, 0.6) is 11.5 Å². The minimum atomic E-state index is -0.213. The van der Waals surface area contributed by atoms with Gasteiger partial charge in [0.05, 0.1) is 24.7 Å². The van der Waals surface area contributed by atoms with E-state index in [0.29, 0.717) is 13.2 Å². The highest BCUT2D eigenvalue weighted by atomic mass is 16.5. The summed E-state index contributed by atoms with van der Waals surface area (Å²) < 4.78 is 11.3. The Balaban J connectivity index is 1.77. The molecule has 0 bridgehead atoms. The van der Waals surface area contributed by atoms with Gasteiger partial charge in [0.15, 0.2) is 11.5 Å². The van der Waals surface area contributed by atoms with Crippen molar-refractivity contribution in [2.24, 2.45) is 5.41 Å². The van der Waals surface area contributed by atoms with Crippen molar-refractivity contribution in [3.63, 3.8) is 0 Å². The first-order valence-corrected chi connectivity index (χ1v) is 7.65. The number of benzene rings is 1. The summed E-state index contributed by atoms with van der Waals surface area (Å²) in [6, 6.07) is 8.32. The molecule has 0 amide bonds. The highest BCUT2D eigenvalue weighted by Crippen LogP contribution is 2.32. The van der Waals surface area contributed by atoms with E-state index in [1.807, 2.05) is 32.0 Å². The second-order valence-electron chi connectivity index (χ2n) is 6.09. The zero-order valence-corrected chi connectivity index (χ0v) is 12.9. The Morgan fingerprint density at radius 3 is 2.71 bits per heavy atom. The zero-order valence-electron chi connectivity index (χ0n) is 12.9. The molecule has 1 heterocycles. The first-order valence-electron chi connectivity index (χ1n) is 7.65. The second-order valence-corrected chi connectivity index (χ2v) is 6.09. The average Bonchev–Trinajstić information content (AvgIpc) is 2.71. The lowest BCUT2D eigenvalue weighted by Gasteiger charge is -2.15. The van der Waals surface area contributed by atoms with Crippen LogP contribution in [0.25, 0.3) is 0 Å². The standard InChI is InChI=1S/C17H24N2O2/c1-17(2,13-18)8-3-4-9-19-14-6-7-15-16(12-14)21-11-5-10-20-15/h6-7,12,19H,3-5,8-11H2,1-2H3. The summed E-state index contributed by atoms with van der Waals surface area (Å²) in [4.78, 5) is 0. The lowest BCUT2D eigenvalue weighted by molar-refractivity contribution is 0.297. The normalized spacial score (nSPS) is 14.1. The van der Waals surface area contributed by atoms with Crippen LogP contribution >= 0.6 is 0 Å². The molecule has 0 radical (unpaired) electrons. The van der Waals surface area contributed by atoms with Gasteiger partial charge in [0.2, 0.25) is 0 Å². The average molecular weight is 288 g/mol. The summed E-state index contributed by atoms with van der Waals surface area (Å²) in [6.07, 6.45) is 3.97. The number of ether oxygens (including phenoxy) is 2. The van der Waals surface area contributed by atoms with E-state index >= 15 is 0 Å². The van der Waals surface area contributed by atoms with Crippen molar-refractivity contribution in [1.29, 1.82) is 5.26 Å². The number of nitriles is 1. The molecule has 1 aliphatic heterocycles. The first kappa shape index (κ1) is 15.5. The Morgan fingerprint density at radius 2 is 1.95 bits per heavy atom. The number of nitrogens with one attached hydrogen (secondary N) is 1. The van der Waals surface area contributed by atoms with Gasteiger partial charge in [0.1, 0.15) is 0 Å². The molecule has 0 aromatic heterocycles. The summed E-state index contributed by atoms with van der Waals surface area (Å²) in [6.45, 7) is 6.31. The van der Waals surface area contributed by atoms with E-state index in [-0.39, 0.29) is 5.41 Å². The van der Waals surface area contributed by atoms with Crippen molar-refractivity contribution in [2.75, 3.05) is 25.1 Å². The molecular weight excluding hydrogens is 264 g/mol. The summed E-state index contributed by atoms with van der Waals surface area (Å²) >= 11 is 0. The van der Waals surface area contributed by atoms with Crippen LogP contribution in [0.15, 0.2) is 18.2 Å². The number of hydrogen-bond donors (Lipinski definition) is 1. The maximum atomic E-state index is 8.97. The maximum Gasteiger partial charge on any atom is 0.163 e. The van der Waals surface area contributed by atoms with Crippen molar-refractivity contribution in [1.82, 2.24) is 0 Å². The van der Waals surface area contributed by atoms with Crippen LogP contribution < -0.4 is 14.8 Å². The number of fused-ring (bicyclic) bond motifs is 1. The van der Waals surface area contributed by atoms with E-state index < -0.39 is 0 Å². The molecule has 21 heavy (non-hydrogen) atoms. The van der Waals surface area contributed by atoms with Crippen molar-refractivity contribution < 1.29 is 9.47 Å². The van der Waals surface area contributed by atoms with Crippen LogP contribution in [0.1, 0.15) is 39.5 Å². The Bertz CT molecular complexity index is 506. The van der Waals surface area contributed by atoms with E-state index in [0.717, 1.165) is 49.4 Å². The molecule has 0 saturated carbocycles. The van der Waals surface area contributed by atoms with E-state index in [4.69, 9.17) is 14.7 Å². The number of nitrogens with zero attached hydrogens (tertiary/aromatic N) is 1. The predicted octanol–water partition coefficient (Wildman–Crippen LogP) is 3.98. The molecule has 0 unspecified atom stereocenters. The summed E-state index contributed by atoms with van der Waals surface area (Å²) in [7, 11) is 0. The number of anilines is 1. The smallest absolute Gasteiger partial charge is 0.163 e. The third-order valence-electron chi connectivity index (χ3n) is 3.61. The van der Waals surface area contributed by atoms with Gasteiger partial charge >= 0.3 is 0 Å². The molecule has 1 aromatic rings. The van der Waals surface area contributed by atoms with Gasteiger partial charge in [-0.15, -0.1) is 0 Å². The van der Waals surface area contributed by atoms with E-state index in [2.05, 4.69) is 11.4 Å². The van der Waals surface area contributed by atoms with Gasteiger partial charge in [-0.25, -0.2) is 0 Å². The number of hydrogen-bond acceptors (Lipinski definition) is 4. The van der Waals surface area contributed by atoms with Crippen molar-refractivity contribution >= 4 is 5.69 Å². The fourth-order valence-electron chi connectivity index (χ4n) is 2.25. The molecule has 1 aromatic carbocycles. The van der Waals surface area contributed by atoms with Crippen molar-refractivity contribution in [3.8, 4) is 17.6 Å². The zero-order chi connectivity index (χ0) is 15.1. The van der Waals surface area contributed by atoms with Gasteiger partial charge in [-0.3, -0.25) is 0 Å². The fourth-order valence-corrected chi connectivity index (χ4v) is 2.25. The number of unbranched alkanes of at least 4 members (excludes halogenated alkanes) is 1. The molecule has 1 N–H and O–H groups in total. The van der Waals surface area contributed by atoms with Crippen LogP contribution in [0, 0.1) is 16.7 Å². The van der Waals surface area contributed by atoms with Crippen LogP contribution in [0.2, 0.25) is 0 Å². The quantitative estimate of drug-likeness (QED) is 0.804. The highest BCUT2D eigenvalue weighted by molar-refractivity contribution is 5.54. The lowest BCUT2D eigenvalue weighted by atomic mass is 9.89. The molecule has 0 saturated heterocycles. The molecule has 2 rings (SSSR count). The molecule has 4 nitrogen and oxygen atoms in total. The monoisotopic (exact) mass is 288 g/mol. The van der Waals surface area contributed by atoms with Crippen LogP contribution in [0.3, 0.4) is 0 Å². The molecule has 114 valence electrons. The van der Waals surface area contributed by atoms with Gasteiger partial charge in [0, 0.05) is 24.7 Å². The van der Waals surface area contributed by atoms with Gasteiger partial charge in [-0.05, 0) is 38.8 Å². The van der Waals surface area contributed by atoms with Crippen LogP contribution in [0.4, 0.5) is 5.69 Å². The molecule has 0 atom stereocenters. The van der Waals surface area contributed by atoms with Crippen molar-refractivity contribution in [2.45, 2.75) is 39.5 Å². The molecule has 1 aliphatic rings. The Labute approximate surface area is 127 Å². The van der Waals surface area contributed by atoms with Crippen molar-refractivity contribution in [3.05, 3.63) is 18.2 Å². The minimum Gasteiger partial charge on any atom is -0.490 e. The van der Waals surface area contributed by atoms with E-state index in [1.54, 1.807) is 0 Å². The Hall–Kier alpha value is -1.89. The molecule has 0 spiro atoms. The van der Waals surface area contributed by atoms with Gasteiger partial charge < -0.3 is 14.8 Å². The van der Waals surface area contributed by atoms with Crippen LogP contribution in [-0.4, -0.2) is 19.8 Å². The second kappa shape index (κ2) is 7.21. The molecule has 0 aliphatic carbocycles. The maximum absolute atomic E-state index is 8.97. The third-order valence-corrected chi connectivity index (χ3v) is 3.61. The van der Waals surface area contributed by atoms with E-state index in [1.165, 1.54) is 0 Å². The minimum absolute atomic E-state index is 0.213. The number of rotatable bonds is 6. The van der Waals surface area contributed by atoms with Gasteiger partial charge in [-0.1, -0.05) is 6.42 Å². The van der Waals surface area contributed by atoms with Crippen LogP contribution in [-0.2, 0) is 0 Å². The lowest BCUT2D eigenvalue weighted by Crippen LogP contribution is -2.09. The molecule has 0 fully saturated rings. The summed E-state index contributed by atoms with van der Waals surface area (Å²) in [5, 5.41) is 12.4. The Kier molecular flexibility index (Phi) is 5.32.